The van der Waals surface area contributed by atoms with Gasteiger partial charge in [0.15, 0.2) is 0 Å². The number of hydrogen-bond donors (Lipinski definition) is 4. The topological polar surface area (TPSA) is 219 Å². The van der Waals surface area contributed by atoms with Crippen LogP contribution in [0.3, 0.4) is 0 Å². The second kappa shape index (κ2) is 17.5. The Bertz CT molecular complexity index is 2300. The standard InChI is InChI=1S/C40H43N7O10/c1-45-22-28(24-12-15-41-20-27(24)37(45)51)23-18-31(56-2)25(32(19-23)57-3)13-16-42-21-34(49)46(40(54)55)17-6-4-5-14-43-29-9-7-8-26-35(29)39(53)47(38(26)52)30-10-11-33(48)44-36(30)50/h7-9,12,15,18-20,22,30,42-43H,4-6,10-11,13-14,16-17,21H2,1-3H3,(H,54,55)(H,44,48,50). The molecule has 1 fully saturated rings. The predicted molar refractivity (Wildman–Crippen MR) is 207 cm³/mol. The molecule has 4 N–H and O–H groups in total. The summed E-state index contributed by atoms with van der Waals surface area (Å²) in [7, 11) is 4.75. The van der Waals surface area contributed by atoms with E-state index in [2.05, 4.69) is 20.9 Å². The van der Waals surface area contributed by atoms with Gasteiger partial charge in [0.05, 0.1) is 37.3 Å². The number of aromatic nitrogens is 2. The maximum Gasteiger partial charge on any atom is 0.414 e. The van der Waals surface area contributed by atoms with E-state index in [0.717, 1.165) is 31.9 Å². The summed E-state index contributed by atoms with van der Waals surface area (Å²) in [6, 6.07) is 9.23. The first kappa shape index (κ1) is 40.1. The van der Waals surface area contributed by atoms with Crippen LogP contribution in [0.2, 0.25) is 0 Å². The summed E-state index contributed by atoms with van der Waals surface area (Å²) >= 11 is 0. The molecule has 6 rings (SSSR count). The number of carbonyl (C=O) groups excluding carboxylic acids is 5. The second-order valence-corrected chi connectivity index (χ2v) is 13.7. The number of methoxy groups -OCH3 is 2. The van der Waals surface area contributed by atoms with E-state index in [1.165, 1.54) is 31.0 Å². The number of benzene rings is 2. The second-order valence-electron chi connectivity index (χ2n) is 13.7. The molecule has 1 atom stereocenters. The highest BCUT2D eigenvalue weighted by atomic mass is 16.5. The number of unbranched alkanes of at least 4 members (excludes halogenated alkanes) is 2. The summed E-state index contributed by atoms with van der Waals surface area (Å²) in [6.07, 6.45) is 5.57. The molecule has 2 aromatic carbocycles. The minimum absolute atomic E-state index is 0.0105. The summed E-state index contributed by atoms with van der Waals surface area (Å²) in [5.74, 6) is -1.86. The highest BCUT2D eigenvalue weighted by Crippen LogP contribution is 2.37. The van der Waals surface area contributed by atoms with E-state index in [1.54, 1.807) is 37.6 Å². The normalized spacial score (nSPS) is 15.1. The molecule has 6 amide bonds. The summed E-state index contributed by atoms with van der Waals surface area (Å²) in [4.78, 5) is 93.8. The van der Waals surface area contributed by atoms with Crippen molar-refractivity contribution in [1.29, 1.82) is 0 Å². The molecule has 2 aromatic heterocycles. The third kappa shape index (κ3) is 8.33. The number of nitrogens with zero attached hydrogens (tertiary/aromatic N) is 4. The third-order valence-corrected chi connectivity index (χ3v) is 10.1. The zero-order valence-electron chi connectivity index (χ0n) is 31.8. The largest absolute Gasteiger partial charge is 0.496 e. The van der Waals surface area contributed by atoms with Crippen LogP contribution in [0.4, 0.5) is 10.5 Å². The maximum absolute atomic E-state index is 13.3. The number of nitrogens with one attached hydrogen (secondary N) is 3. The highest BCUT2D eigenvalue weighted by Gasteiger charge is 2.45. The Morgan fingerprint density at radius 3 is 2.42 bits per heavy atom. The van der Waals surface area contributed by atoms with Crippen LogP contribution in [0.5, 0.6) is 11.5 Å². The maximum atomic E-state index is 13.3. The Kier molecular flexibility index (Phi) is 12.3. The van der Waals surface area contributed by atoms with Gasteiger partial charge in [0, 0.05) is 62.0 Å². The number of fused-ring (bicyclic) bond motifs is 2. The number of imide groups is 3. The van der Waals surface area contributed by atoms with Crippen molar-refractivity contribution < 1.29 is 43.3 Å². The molecule has 17 heteroatoms. The molecule has 2 aliphatic heterocycles. The van der Waals surface area contributed by atoms with E-state index in [-0.39, 0.29) is 42.6 Å². The van der Waals surface area contributed by atoms with Gasteiger partial charge in [0.25, 0.3) is 17.4 Å². The van der Waals surface area contributed by atoms with Gasteiger partial charge in [0.1, 0.15) is 17.5 Å². The zero-order chi connectivity index (χ0) is 40.8. The van der Waals surface area contributed by atoms with Gasteiger partial charge >= 0.3 is 6.09 Å². The minimum atomic E-state index is -1.36. The molecule has 0 saturated carbocycles. The average Bonchev–Trinajstić information content (AvgIpc) is 3.46. The molecule has 4 aromatic rings. The summed E-state index contributed by atoms with van der Waals surface area (Å²) in [5.41, 5.74) is 2.89. The Labute approximate surface area is 326 Å². The van der Waals surface area contributed by atoms with Crippen molar-refractivity contribution in [2.75, 3.05) is 45.7 Å². The molecule has 2 aliphatic rings. The number of rotatable bonds is 16. The van der Waals surface area contributed by atoms with E-state index in [0.29, 0.717) is 61.3 Å². The van der Waals surface area contributed by atoms with Crippen LogP contribution in [0, 0.1) is 0 Å². The zero-order valence-corrected chi connectivity index (χ0v) is 31.8. The number of carbonyl (C=O) groups is 6. The number of amides is 6. The number of aryl methyl sites for hydroxylation is 1. The van der Waals surface area contributed by atoms with Crippen LogP contribution in [0.15, 0.2) is 59.8 Å². The molecule has 1 unspecified atom stereocenters. The van der Waals surface area contributed by atoms with Gasteiger partial charge in [-0.05, 0) is 79.9 Å². The third-order valence-electron chi connectivity index (χ3n) is 10.1. The van der Waals surface area contributed by atoms with Crippen molar-refractivity contribution in [1.82, 2.24) is 30.0 Å². The van der Waals surface area contributed by atoms with E-state index in [1.807, 2.05) is 12.1 Å². The van der Waals surface area contributed by atoms with Crippen LogP contribution >= 0.6 is 0 Å². The van der Waals surface area contributed by atoms with Gasteiger partial charge in [-0.15, -0.1) is 0 Å². The van der Waals surface area contributed by atoms with Gasteiger partial charge in [-0.2, -0.15) is 0 Å². The number of piperidine rings is 1. The fourth-order valence-electron chi connectivity index (χ4n) is 7.22. The molecule has 298 valence electrons. The van der Waals surface area contributed by atoms with Crippen LogP contribution in [-0.2, 0) is 27.9 Å². The monoisotopic (exact) mass is 781 g/mol. The lowest BCUT2D eigenvalue weighted by atomic mass is 9.98. The SMILES string of the molecule is COc1cc(-c2cn(C)c(=O)c3cnccc23)cc(OC)c1CCNCC(=O)N(CCCCCNc1cccc2c1C(=O)N(C1CCC(=O)NC1=O)C2=O)C(=O)O. The number of anilines is 1. The van der Waals surface area contributed by atoms with Gasteiger partial charge in [-0.1, -0.05) is 6.07 Å². The minimum Gasteiger partial charge on any atom is -0.496 e. The van der Waals surface area contributed by atoms with Crippen molar-refractivity contribution in [2.24, 2.45) is 7.05 Å². The first-order valence-electron chi connectivity index (χ1n) is 18.5. The summed E-state index contributed by atoms with van der Waals surface area (Å²) < 4.78 is 12.9. The Morgan fingerprint density at radius 1 is 0.965 bits per heavy atom. The van der Waals surface area contributed by atoms with E-state index in [9.17, 15) is 38.7 Å². The fraction of sp³-hybridized carbons (Fsp3) is 0.350. The fourth-order valence-corrected chi connectivity index (χ4v) is 7.22. The highest BCUT2D eigenvalue weighted by molar-refractivity contribution is 6.25. The quantitative estimate of drug-likeness (QED) is 0.0951. The molecule has 57 heavy (non-hydrogen) atoms. The summed E-state index contributed by atoms with van der Waals surface area (Å²) in [6.45, 7) is 0.486. The van der Waals surface area contributed by atoms with E-state index >= 15 is 0 Å². The Morgan fingerprint density at radius 2 is 1.72 bits per heavy atom. The van der Waals surface area contributed by atoms with Crippen molar-refractivity contribution in [3.63, 3.8) is 0 Å². The van der Waals surface area contributed by atoms with Crippen LogP contribution < -0.4 is 31.0 Å². The van der Waals surface area contributed by atoms with E-state index in [4.69, 9.17) is 9.47 Å². The Balaban J connectivity index is 0.984. The molecule has 0 bridgehead atoms. The Hall–Kier alpha value is -6.62. The first-order valence-corrected chi connectivity index (χ1v) is 18.5. The van der Waals surface area contributed by atoms with Crippen molar-refractivity contribution in [3.8, 4) is 22.6 Å². The van der Waals surface area contributed by atoms with Crippen LogP contribution in [0.1, 0.15) is 58.4 Å². The van der Waals surface area contributed by atoms with Crippen molar-refractivity contribution in [3.05, 3.63) is 82.0 Å². The number of pyridine rings is 2. The molecule has 17 nitrogen and oxygen atoms in total. The molecule has 0 spiro atoms. The smallest absolute Gasteiger partial charge is 0.414 e. The first-order chi connectivity index (χ1) is 27.4. The molecular formula is C40H43N7O10. The van der Waals surface area contributed by atoms with Gasteiger partial charge in [0.2, 0.25) is 17.7 Å². The number of carboxylic acid groups (broad SMARTS) is 1. The number of ether oxygens (including phenoxy) is 2. The van der Waals surface area contributed by atoms with Crippen molar-refractivity contribution >= 4 is 52.1 Å². The predicted octanol–water partition coefficient (Wildman–Crippen LogP) is 2.94. The molecule has 1 saturated heterocycles. The van der Waals surface area contributed by atoms with Crippen LogP contribution in [-0.4, -0.2) is 107 Å². The van der Waals surface area contributed by atoms with Gasteiger partial charge < -0.3 is 29.8 Å². The lowest BCUT2D eigenvalue weighted by Gasteiger charge is -2.27. The molecule has 0 radical (unpaired) electrons. The number of hydrogen-bond acceptors (Lipinski definition) is 12. The van der Waals surface area contributed by atoms with Crippen LogP contribution in [0.25, 0.3) is 21.9 Å². The molecule has 4 heterocycles. The molecule has 0 aliphatic carbocycles. The lowest BCUT2D eigenvalue weighted by molar-refractivity contribution is -0.136. The van der Waals surface area contributed by atoms with E-state index < -0.39 is 41.7 Å². The summed E-state index contributed by atoms with van der Waals surface area (Å²) in [5, 5.41) is 19.4. The van der Waals surface area contributed by atoms with Crippen molar-refractivity contribution in [2.45, 2.75) is 44.6 Å². The molecular weight excluding hydrogens is 738 g/mol. The average molecular weight is 782 g/mol. The lowest BCUT2D eigenvalue weighted by Crippen LogP contribution is -2.54. The van der Waals surface area contributed by atoms with Gasteiger partial charge in [-0.25, -0.2) is 9.69 Å². The van der Waals surface area contributed by atoms with Gasteiger partial charge in [-0.3, -0.25) is 44.0 Å².